The molecule has 0 aliphatic heterocycles. The van der Waals surface area contributed by atoms with Crippen LogP contribution in [0.1, 0.15) is 33.1 Å². The normalized spacial score (nSPS) is 22.4. The fourth-order valence-corrected chi connectivity index (χ4v) is 3.45. The molecule has 0 bridgehead atoms. The minimum Gasteiger partial charge on any atom is -0.381 e. The molecule has 0 amide bonds. The van der Waals surface area contributed by atoms with Crippen LogP contribution in [0.3, 0.4) is 0 Å². The lowest BCUT2D eigenvalue weighted by molar-refractivity contribution is 0.350. The van der Waals surface area contributed by atoms with Gasteiger partial charge in [0.25, 0.3) is 0 Å². The van der Waals surface area contributed by atoms with E-state index in [-0.39, 0.29) is 5.41 Å². The lowest BCUT2D eigenvalue weighted by Gasteiger charge is -2.29. The van der Waals surface area contributed by atoms with Crippen LogP contribution in [-0.4, -0.2) is 20.7 Å². The van der Waals surface area contributed by atoms with E-state index in [4.69, 9.17) is 11.6 Å². The van der Waals surface area contributed by atoms with Crippen molar-refractivity contribution in [1.82, 2.24) is 0 Å². The van der Waals surface area contributed by atoms with Gasteiger partial charge < -0.3 is 5.32 Å². The SMILES string of the molecule is CC1(C)CCCC1Nc1cc(S(C)(=O)=O)ccc1Cl. The van der Waals surface area contributed by atoms with Crippen molar-refractivity contribution in [3.05, 3.63) is 23.2 Å². The van der Waals surface area contributed by atoms with Crippen molar-refractivity contribution >= 4 is 27.1 Å². The summed E-state index contributed by atoms with van der Waals surface area (Å²) in [6.45, 7) is 4.46. The second-order valence-electron chi connectivity index (χ2n) is 5.99. The van der Waals surface area contributed by atoms with Crippen molar-refractivity contribution < 1.29 is 8.42 Å². The molecule has 1 aromatic rings. The Morgan fingerprint density at radius 2 is 2.05 bits per heavy atom. The van der Waals surface area contributed by atoms with E-state index in [0.29, 0.717) is 21.6 Å². The van der Waals surface area contributed by atoms with E-state index >= 15 is 0 Å². The highest BCUT2D eigenvalue weighted by atomic mass is 35.5. The molecule has 106 valence electrons. The third kappa shape index (κ3) is 3.23. The summed E-state index contributed by atoms with van der Waals surface area (Å²) in [5.41, 5.74) is 0.925. The van der Waals surface area contributed by atoms with Gasteiger partial charge >= 0.3 is 0 Å². The highest BCUT2D eigenvalue weighted by Crippen LogP contribution is 2.40. The zero-order valence-electron chi connectivity index (χ0n) is 11.5. The first-order valence-corrected chi connectivity index (χ1v) is 8.73. The molecule has 0 spiro atoms. The predicted octanol–water partition coefficient (Wildman–Crippen LogP) is 3.73. The Balaban J connectivity index is 2.30. The molecule has 0 aromatic heterocycles. The summed E-state index contributed by atoms with van der Waals surface area (Å²) >= 11 is 6.16. The van der Waals surface area contributed by atoms with E-state index < -0.39 is 9.84 Å². The molecule has 0 heterocycles. The molecule has 1 N–H and O–H groups in total. The first kappa shape index (κ1) is 14.7. The molecular formula is C14H20ClNO2S. The molecular weight excluding hydrogens is 282 g/mol. The molecule has 1 atom stereocenters. The number of hydrogen-bond acceptors (Lipinski definition) is 3. The van der Waals surface area contributed by atoms with Crippen LogP contribution in [0.2, 0.25) is 5.02 Å². The summed E-state index contributed by atoms with van der Waals surface area (Å²) in [7, 11) is -3.20. The van der Waals surface area contributed by atoms with E-state index in [2.05, 4.69) is 19.2 Å². The smallest absolute Gasteiger partial charge is 0.175 e. The minimum absolute atomic E-state index is 0.213. The topological polar surface area (TPSA) is 46.2 Å². The first-order valence-electron chi connectivity index (χ1n) is 6.46. The highest BCUT2D eigenvalue weighted by molar-refractivity contribution is 7.90. The summed E-state index contributed by atoms with van der Waals surface area (Å²) in [4.78, 5) is 0.301. The fraction of sp³-hybridized carbons (Fsp3) is 0.571. The van der Waals surface area contributed by atoms with Gasteiger partial charge in [-0.2, -0.15) is 0 Å². The number of anilines is 1. The third-order valence-electron chi connectivity index (χ3n) is 3.95. The molecule has 0 radical (unpaired) electrons. The zero-order valence-corrected chi connectivity index (χ0v) is 13.1. The van der Waals surface area contributed by atoms with E-state index in [1.54, 1.807) is 18.2 Å². The minimum atomic E-state index is -3.20. The number of rotatable bonds is 3. The van der Waals surface area contributed by atoms with Gasteiger partial charge in [0.05, 0.1) is 15.6 Å². The van der Waals surface area contributed by atoms with Crippen molar-refractivity contribution in [1.29, 1.82) is 0 Å². The van der Waals surface area contributed by atoms with Crippen LogP contribution in [0.15, 0.2) is 23.1 Å². The average molecular weight is 302 g/mol. The van der Waals surface area contributed by atoms with E-state index in [1.165, 1.54) is 19.1 Å². The van der Waals surface area contributed by atoms with Crippen molar-refractivity contribution in [2.75, 3.05) is 11.6 Å². The Bertz CT molecular complexity index is 581. The quantitative estimate of drug-likeness (QED) is 0.925. The van der Waals surface area contributed by atoms with Crippen LogP contribution >= 0.6 is 11.6 Å². The second-order valence-corrected chi connectivity index (χ2v) is 8.41. The Labute approximate surface area is 120 Å². The Morgan fingerprint density at radius 3 is 2.58 bits per heavy atom. The summed E-state index contributed by atoms with van der Waals surface area (Å²) in [6, 6.07) is 5.15. The van der Waals surface area contributed by atoms with Crippen LogP contribution in [0.25, 0.3) is 0 Å². The third-order valence-corrected chi connectivity index (χ3v) is 5.39. The van der Waals surface area contributed by atoms with Gasteiger partial charge in [-0.3, -0.25) is 0 Å². The predicted molar refractivity (Wildman–Crippen MR) is 79.6 cm³/mol. The van der Waals surface area contributed by atoms with Gasteiger partial charge in [0.15, 0.2) is 9.84 Å². The molecule has 2 rings (SSSR count). The van der Waals surface area contributed by atoms with Gasteiger partial charge in [0.2, 0.25) is 0 Å². The lowest BCUT2D eigenvalue weighted by Crippen LogP contribution is -2.30. The Kier molecular flexibility index (Phi) is 3.85. The maximum absolute atomic E-state index is 11.6. The van der Waals surface area contributed by atoms with E-state index in [0.717, 1.165) is 6.42 Å². The van der Waals surface area contributed by atoms with Crippen molar-refractivity contribution in [3.8, 4) is 0 Å². The van der Waals surface area contributed by atoms with Crippen LogP contribution in [0.5, 0.6) is 0 Å². The fourth-order valence-electron chi connectivity index (χ4n) is 2.63. The van der Waals surface area contributed by atoms with Crippen LogP contribution in [0.4, 0.5) is 5.69 Å². The maximum atomic E-state index is 11.6. The van der Waals surface area contributed by atoms with Crippen molar-refractivity contribution in [2.45, 2.75) is 44.0 Å². The maximum Gasteiger partial charge on any atom is 0.175 e. The molecule has 1 aromatic carbocycles. The highest BCUT2D eigenvalue weighted by Gasteiger charge is 2.34. The summed E-state index contributed by atoms with van der Waals surface area (Å²) in [5.74, 6) is 0. The van der Waals surface area contributed by atoms with E-state index in [9.17, 15) is 8.42 Å². The van der Waals surface area contributed by atoms with Gasteiger partial charge in [-0.1, -0.05) is 31.9 Å². The zero-order chi connectivity index (χ0) is 14.3. The molecule has 1 fully saturated rings. The van der Waals surface area contributed by atoms with E-state index in [1.807, 2.05) is 0 Å². The molecule has 1 unspecified atom stereocenters. The summed E-state index contributed by atoms with van der Waals surface area (Å²) in [6.07, 6.45) is 4.66. The van der Waals surface area contributed by atoms with Gasteiger partial charge in [-0.05, 0) is 36.5 Å². The molecule has 5 heteroatoms. The van der Waals surface area contributed by atoms with Crippen molar-refractivity contribution in [3.63, 3.8) is 0 Å². The van der Waals surface area contributed by atoms with Crippen LogP contribution < -0.4 is 5.32 Å². The molecule has 1 aliphatic carbocycles. The van der Waals surface area contributed by atoms with Gasteiger partial charge in [0.1, 0.15) is 0 Å². The average Bonchev–Trinajstić information content (AvgIpc) is 2.60. The van der Waals surface area contributed by atoms with Gasteiger partial charge in [0, 0.05) is 12.3 Å². The van der Waals surface area contributed by atoms with Crippen LogP contribution in [-0.2, 0) is 9.84 Å². The van der Waals surface area contributed by atoms with Crippen molar-refractivity contribution in [2.24, 2.45) is 5.41 Å². The number of sulfone groups is 1. The molecule has 0 saturated heterocycles. The second kappa shape index (κ2) is 4.98. The van der Waals surface area contributed by atoms with Gasteiger partial charge in [-0.15, -0.1) is 0 Å². The standard InChI is InChI=1S/C14H20ClNO2S/c1-14(2)8-4-5-13(14)16-12-9-10(19(3,17)18)6-7-11(12)15/h6-7,9,13,16H,4-5,8H2,1-3H3. The molecule has 1 saturated carbocycles. The number of halogens is 1. The number of nitrogens with one attached hydrogen (secondary N) is 1. The summed E-state index contributed by atoms with van der Waals surface area (Å²) < 4.78 is 23.2. The number of hydrogen-bond donors (Lipinski definition) is 1. The molecule has 19 heavy (non-hydrogen) atoms. The molecule has 3 nitrogen and oxygen atoms in total. The molecule has 1 aliphatic rings. The van der Waals surface area contributed by atoms with Crippen LogP contribution in [0, 0.1) is 5.41 Å². The summed E-state index contributed by atoms with van der Waals surface area (Å²) in [5, 5.41) is 3.98. The Morgan fingerprint density at radius 1 is 1.37 bits per heavy atom. The first-order chi connectivity index (χ1) is 8.70. The van der Waals surface area contributed by atoms with Gasteiger partial charge in [-0.25, -0.2) is 8.42 Å². The largest absolute Gasteiger partial charge is 0.381 e. The number of benzene rings is 1. The lowest BCUT2D eigenvalue weighted by atomic mass is 9.87. The Hall–Kier alpha value is -0.740. The monoisotopic (exact) mass is 301 g/mol.